The molecule has 0 aliphatic rings. The summed E-state index contributed by atoms with van der Waals surface area (Å²) in [5.74, 6) is 0.0716. The second-order valence-electron chi connectivity index (χ2n) is 7.08. The van der Waals surface area contributed by atoms with Gasteiger partial charge in [-0.1, -0.05) is 15.9 Å². The summed E-state index contributed by atoms with van der Waals surface area (Å²) in [6, 6.07) is 17.2. The minimum Gasteiger partial charge on any atom is -0.507 e. The molecule has 4 rings (SSSR count). The number of nitrogens with zero attached hydrogens (tertiary/aromatic N) is 2. The first-order chi connectivity index (χ1) is 15.9. The maximum atomic E-state index is 13.5. The number of rotatable bonds is 5. The minimum atomic E-state index is -0.423. The van der Waals surface area contributed by atoms with E-state index in [1.165, 1.54) is 4.57 Å². The molecule has 0 atom stereocenters. The third-order valence-corrected chi connectivity index (χ3v) is 6.06. The van der Waals surface area contributed by atoms with Crippen molar-refractivity contribution in [3.63, 3.8) is 0 Å². The Bertz CT molecular complexity index is 1450. The Kier molecular flexibility index (Phi) is 6.94. The van der Waals surface area contributed by atoms with Gasteiger partial charge in [0.25, 0.3) is 5.56 Å². The summed E-state index contributed by atoms with van der Waals surface area (Å²) < 4.78 is 8.26. The summed E-state index contributed by atoms with van der Waals surface area (Å²) in [6.07, 6.45) is 3.38. The van der Waals surface area contributed by atoms with Gasteiger partial charge in [-0.05, 0) is 102 Å². The Balaban J connectivity index is 1.89. The molecule has 4 aromatic rings. The Hall–Kier alpha value is -2.98. The van der Waals surface area contributed by atoms with Crippen LogP contribution < -0.4 is 5.56 Å². The van der Waals surface area contributed by atoms with E-state index in [2.05, 4.69) is 38.5 Å². The first-order valence-corrected chi connectivity index (χ1v) is 11.9. The lowest BCUT2D eigenvalue weighted by molar-refractivity contribution is 0.0526. The monoisotopic (exact) mass is 616 g/mol. The molecule has 166 valence electrons. The summed E-state index contributed by atoms with van der Waals surface area (Å²) in [5.41, 5.74) is 1.86. The van der Waals surface area contributed by atoms with E-state index >= 15 is 0 Å². The molecule has 8 heteroatoms. The van der Waals surface area contributed by atoms with Crippen molar-refractivity contribution in [2.45, 2.75) is 6.92 Å². The first-order valence-electron chi connectivity index (χ1n) is 10.0. The fourth-order valence-electron chi connectivity index (χ4n) is 3.32. The molecule has 1 heterocycles. The number of hydrogen-bond acceptors (Lipinski definition) is 5. The highest BCUT2D eigenvalue weighted by atomic mass is 127. The molecule has 1 aromatic heterocycles. The Labute approximate surface area is 211 Å². The summed E-state index contributed by atoms with van der Waals surface area (Å²) in [4.78, 5) is 30.2. The number of phenols is 1. The van der Waals surface area contributed by atoms with E-state index in [4.69, 9.17) is 9.72 Å². The SMILES string of the molecule is CCOC(=O)c1ccc(-n2c(/C=C/c3cc(Br)ccc3O)nc3ccc(I)cc3c2=O)cc1. The van der Waals surface area contributed by atoms with Crippen LogP contribution in [0.25, 0.3) is 28.7 Å². The number of carbonyl (C=O) groups is 1. The van der Waals surface area contributed by atoms with Crippen LogP contribution in [0.5, 0.6) is 5.75 Å². The highest BCUT2D eigenvalue weighted by molar-refractivity contribution is 14.1. The highest BCUT2D eigenvalue weighted by Gasteiger charge is 2.13. The number of aromatic hydroxyl groups is 1. The zero-order chi connectivity index (χ0) is 23.5. The molecule has 0 spiro atoms. The molecule has 3 aromatic carbocycles. The van der Waals surface area contributed by atoms with E-state index in [1.54, 1.807) is 73.7 Å². The van der Waals surface area contributed by atoms with Gasteiger partial charge in [0.2, 0.25) is 0 Å². The van der Waals surface area contributed by atoms with E-state index in [9.17, 15) is 14.7 Å². The predicted molar refractivity (Wildman–Crippen MR) is 141 cm³/mol. The largest absolute Gasteiger partial charge is 0.507 e. The Morgan fingerprint density at radius 2 is 1.88 bits per heavy atom. The number of fused-ring (bicyclic) bond motifs is 1. The predicted octanol–water partition coefficient (Wildman–Crippen LogP) is 5.81. The third kappa shape index (κ3) is 5.01. The lowest BCUT2D eigenvalue weighted by atomic mass is 10.1. The molecule has 0 fully saturated rings. The van der Waals surface area contributed by atoms with E-state index < -0.39 is 5.97 Å². The molecule has 0 saturated carbocycles. The van der Waals surface area contributed by atoms with Gasteiger partial charge in [-0.25, -0.2) is 9.78 Å². The Morgan fingerprint density at radius 1 is 1.12 bits per heavy atom. The van der Waals surface area contributed by atoms with Crippen LogP contribution in [-0.2, 0) is 4.74 Å². The number of halogens is 2. The fourth-order valence-corrected chi connectivity index (χ4v) is 4.19. The summed E-state index contributed by atoms with van der Waals surface area (Å²) in [5, 5.41) is 10.7. The Morgan fingerprint density at radius 3 is 2.61 bits per heavy atom. The van der Waals surface area contributed by atoms with E-state index in [1.807, 2.05) is 6.07 Å². The first kappa shape index (κ1) is 23.2. The second kappa shape index (κ2) is 9.88. The van der Waals surface area contributed by atoms with Crippen molar-refractivity contribution in [2.75, 3.05) is 6.61 Å². The molecule has 0 amide bonds. The molecule has 0 saturated heterocycles. The van der Waals surface area contributed by atoms with Crippen molar-refractivity contribution in [1.29, 1.82) is 0 Å². The lowest BCUT2D eigenvalue weighted by Crippen LogP contribution is -2.22. The smallest absolute Gasteiger partial charge is 0.338 e. The zero-order valence-electron chi connectivity index (χ0n) is 17.5. The normalized spacial score (nSPS) is 11.2. The molecule has 1 N–H and O–H groups in total. The van der Waals surface area contributed by atoms with Crippen molar-refractivity contribution >= 4 is 67.5 Å². The zero-order valence-corrected chi connectivity index (χ0v) is 21.2. The topological polar surface area (TPSA) is 81.4 Å². The molecule has 0 bridgehead atoms. The third-order valence-electron chi connectivity index (χ3n) is 4.89. The van der Waals surface area contributed by atoms with Gasteiger partial charge in [0.15, 0.2) is 0 Å². The second-order valence-corrected chi connectivity index (χ2v) is 9.24. The maximum Gasteiger partial charge on any atom is 0.338 e. The molecular weight excluding hydrogens is 599 g/mol. The number of carbonyl (C=O) groups excluding carboxylic acids is 1. The van der Waals surface area contributed by atoms with Crippen LogP contribution in [0.3, 0.4) is 0 Å². The highest BCUT2D eigenvalue weighted by Crippen LogP contribution is 2.24. The van der Waals surface area contributed by atoms with Crippen LogP contribution in [0.2, 0.25) is 0 Å². The molecule has 6 nitrogen and oxygen atoms in total. The summed E-state index contributed by atoms with van der Waals surface area (Å²) in [6.45, 7) is 2.03. The van der Waals surface area contributed by atoms with Crippen LogP contribution in [0, 0.1) is 3.57 Å². The van der Waals surface area contributed by atoms with Gasteiger partial charge in [-0.3, -0.25) is 9.36 Å². The quantitative estimate of drug-likeness (QED) is 0.226. The minimum absolute atomic E-state index is 0.109. The average molecular weight is 617 g/mol. The van der Waals surface area contributed by atoms with Crippen LogP contribution in [0.4, 0.5) is 0 Å². The van der Waals surface area contributed by atoms with E-state index in [0.717, 1.165) is 8.04 Å². The van der Waals surface area contributed by atoms with Crippen molar-refractivity contribution in [1.82, 2.24) is 9.55 Å². The molecule has 0 aliphatic heterocycles. The van der Waals surface area contributed by atoms with Crippen LogP contribution in [-0.4, -0.2) is 27.2 Å². The van der Waals surface area contributed by atoms with Crippen LogP contribution >= 0.6 is 38.5 Å². The van der Waals surface area contributed by atoms with Gasteiger partial charge < -0.3 is 9.84 Å². The van der Waals surface area contributed by atoms with Crippen molar-refractivity contribution in [2.24, 2.45) is 0 Å². The molecule has 0 aliphatic carbocycles. The van der Waals surface area contributed by atoms with Crippen LogP contribution in [0.1, 0.15) is 28.7 Å². The standard InChI is InChI=1S/C25H18BrIN2O4/c1-2-33-25(32)15-3-8-19(9-4-15)29-23(12-5-16-13-17(26)6-11-22(16)30)28-21-10-7-18(27)14-20(21)24(29)31/h3-14,30H,2H2,1H3/b12-5+. The van der Waals surface area contributed by atoms with Crippen LogP contribution in [0.15, 0.2) is 69.9 Å². The summed E-state index contributed by atoms with van der Waals surface area (Å²) >= 11 is 5.56. The summed E-state index contributed by atoms with van der Waals surface area (Å²) in [7, 11) is 0. The number of benzene rings is 3. The molecule has 0 unspecified atom stereocenters. The molecular formula is C25H18BrIN2O4. The number of ether oxygens (including phenoxy) is 1. The lowest BCUT2D eigenvalue weighted by Gasteiger charge is -2.12. The average Bonchev–Trinajstić information content (AvgIpc) is 2.80. The number of aromatic nitrogens is 2. The van der Waals surface area contributed by atoms with E-state index in [-0.39, 0.29) is 17.9 Å². The molecule has 0 radical (unpaired) electrons. The van der Waals surface area contributed by atoms with Gasteiger partial charge in [0, 0.05) is 13.6 Å². The maximum absolute atomic E-state index is 13.5. The van der Waals surface area contributed by atoms with Gasteiger partial charge >= 0.3 is 5.97 Å². The number of hydrogen-bond donors (Lipinski definition) is 1. The van der Waals surface area contributed by atoms with Crippen molar-refractivity contribution in [3.05, 3.63) is 96.0 Å². The van der Waals surface area contributed by atoms with Gasteiger partial charge in [-0.2, -0.15) is 0 Å². The number of phenolic OH excluding ortho intramolecular Hbond substituents is 1. The van der Waals surface area contributed by atoms with Crippen molar-refractivity contribution < 1.29 is 14.6 Å². The van der Waals surface area contributed by atoms with Crippen molar-refractivity contribution in [3.8, 4) is 11.4 Å². The number of esters is 1. The molecule has 33 heavy (non-hydrogen) atoms. The van der Waals surface area contributed by atoms with E-state index in [0.29, 0.717) is 33.5 Å². The van der Waals surface area contributed by atoms with Gasteiger partial charge in [0.05, 0.1) is 28.8 Å². The van der Waals surface area contributed by atoms with Gasteiger partial charge in [0.1, 0.15) is 11.6 Å². The van der Waals surface area contributed by atoms with Gasteiger partial charge in [-0.15, -0.1) is 0 Å². The fraction of sp³-hybridized carbons (Fsp3) is 0.0800.